The minimum Gasteiger partial charge on any atom is -0.328 e. The topological polar surface area (TPSA) is 86.0 Å². The molecule has 4 aromatic rings. The number of H-pyrrole nitrogens is 1. The van der Waals surface area contributed by atoms with Gasteiger partial charge in [0, 0.05) is 21.8 Å². The van der Waals surface area contributed by atoms with Crippen LogP contribution >= 0.6 is 15.9 Å². The molecule has 2 unspecified atom stereocenters. The van der Waals surface area contributed by atoms with Crippen LogP contribution in [0.15, 0.2) is 95.7 Å². The third-order valence-electron chi connectivity index (χ3n) is 5.35. The first-order chi connectivity index (χ1) is 15.6. The van der Waals surface area contributed by atoms with E-state index in [1.54, 1.807) is 16.9 Å². The number of nitrogens with one attached hydrogen (secondary N) is 3. The Morgan fingerprint density at radius 2 is 1.81 bits per heavy atom. The van der Waals surface area contributed by atoms with Gasteiger partial charge in [0.1, 0.15) is 12.0 Å². The van der Waals surface area contributed by atoms with Crippen LogP contribution in [-0.4, -0.2) is 20.7 Å². The number of anilines is 2. The molecular weight excluding hydrogens is 468 g/mol. The zero-order chi connectivity index (χ0) is 22.1. The molecule has 0 radical (unpaired) electrons. The lowest BCUT2D eigenvalue weighted by Crippen LogP contribution is -2.40. The summed E-state index contributed by atoms with van der Waals surface area (Å²) in [6.07, 6.45) is 1.76. The van der Waals surface area contributed by atoms with Crippen LogP contribution in [-0.2, 0) is 4.79 Å². The molecule has 2 aromatic heterocycles. The van der Waals surface area contributed by atoms with Crippen LogP contribution in [0.1, 0.15) is 11.6 Å². The number of pyridine rings is 1. The molecular formula is C24H20BrN6O+. The molecule has 8 heteroatoms. The van der Waals surface area contributed by atoms with E-state index in [9.17, 15) is 4.79 Å². The van der Waals surface area contributed by atoms with Crippen molar-refractivity contribution in [2.24, 2.45) is 5.92 Å². The summed E-state index contributed by atoms with van der Waals surface area (Å²) in [5.74, 6) is 0.940. The van der Waals surface area contributed by atoms with Gasteiger partial charge >= 0.3 is 5.91 Å². The highest BCUT2D eigenvalue weighted by molar-refractivity contribution is 9.10. The van der Waals surface area contributed by atoms with Gasteiger partial charge in [-0.15, -0.1) is 5.10 Å². The van der Waals surface area contributed by atoms with Gasteiger partial charge in [-0.1, -0.05) is 71.0 Å². The van der Waals surface area contributed by atoms with Crippen LogP contribution in [0.2, 0.25) is 0 Å². The van der Waals surface area contributed by atoms with Crippen molar-refractivity contribution in [2.45, 2.75) is 6.04 Å². The average molecular weight is 488 g/mol. The molecule has 2 aromatic carbocycles. The predicted molar refractivity (Wildman–Crippen MR) is 126 cm³/mol. The maximum Gasteiger partial charge on any atom is 0.319 e. The SMILES string of the molecule is C=C1Nc2nc(-c3ccccc3)nn2C(c2ccc(Br)cc2)C1C(=O)Nc1cccc[nH+]1. The van der Waals surface area contributed by atoms with Crippen molar-refractivity contribution >= 4 is 33.6 Å². The van der Waals surface area contributed by atoms with Crippen molar-refractivity contribution < 1.29 is 9.78 Å². The summed E-state index contributed by atoms with van der Waals surface area (Å²) in [6, 6.07) is 22.7. The number of benzene rings is 2. The van der Waals surface area contributed by atoms with Crippen molar-refractivity contribution in [1.29, 1.82) is 0 Å². The third kappa shape index (κ3) is 3.80. The molecule has 1 aliphatic rings. The fourth-order valence-corrected chi connectivity index (χ4v) is 4.11. The van der Waals surface area contributed by atoms with Crippen LogP contribution in [0.25, 0.3) is 11.4 Å². The van der Waals surface area contributed by atoms with E-state index in [0.717, 1.165) is 15.6 Å². The third-order valence-corrected chi connectivity index (χ3v) is 5.88. The molecule has 3 N–H and O–H groups in total. The summed E-state index contributed by atoms with van der Waals surface area (Å²) in [5.41, 5.74) is 2.39. The number of amides is 1. The van der Waals surface area contributed by atoms with Gasteiger partial charge in [0.25, 0.3) is 5.82 Å². The first-order valence-electron chi connectivity index (χ1n) is 10.1. The number of aromatic nitrogens is 4. The van der Waals surface area contributed by atoms with E-state index < -0.39 is 12.0 Å². The monoisotopic (exact) mass is 487 g/mol. The lowest BCUT2D eigenvalue weighted by Gasteiger charge is -2.32. The Morgan fingerprint density at radius 3 is 2.53 bits per heavy atom. The largest absolute Gasteiger partial charge is 0.328 e. The Morgan fingerprint density at radius 1 is 1.06 bits per heavy atom. The summed E-state index contributed by atoms with van der Waals surface area (Å²) in [7, 11) is 0. The van der Waals surface area contributed by atoms with Crippen molar-refractivity contribution in [3.63, 3.8) is 0 Å². The molecule has 32 heavy (non-hydrogen) atoms. The summed E-state index contributed by atoms with van der Waals surface area (Å²) >= 11 is 3.49. The van der Waals surface area contributed by atoms with Gasteiger partial charge in [-0.3, -0.25) is 0 Å². The zero-order valence-electron chi connectivity index (χ0n) is 17.0. The average Bonchev–Trinajstić information content (AvgIpc) is 3.23. The predicted octanol–water partition coefficient (Wildman–Crippen LogP) is 4.31. The number of nitrogens with zero attached hydrogens (tertiary/aromatic N) is 3. The summed E-state index contributed by atoms with van der Waals surface area (Å²) in [6.45, 7) is 4.16. The Labute approximate surface area is 193 Å². The number of hydrogen-bond donors (Lipinski definition) is 2. The Balaban J connectivity index is 1.59. The van der Waals surface area contributed by atoms with E-state index in [1.165, 1.54) is 0 Å². The molecule has 0 bridgehead atoms. The van der Waals surface area contributed by atoms with Gasteiger partial charge in [0.05, 0.1) is 6.20 Å². The van der Waals surface area contributed by atoms with E-state index in [1.807, 2.05) is 66.7 Å². The molecule has 2 atom stereocenters. The molecule has 1 amide bonds. The first-order valence-corrected chi connectivity index (χ1v) is 10.9. The van der Waals surface area contributed by atoms with E-state index in [0.29, 0.717) is 23.3 Å². The zero-order valence-corrected chi connectivity index (χ0v) is 18.6. The molecule has 0 spiro atoms. The van der Waals surface area contributed by atoms with Gasteiger partial charge in [0.2, 0.25) is 5.95 Å². The van der Waals surface area contributed by atoms with Gasteiger partial charge in [0.15, 0.2) is 5.82 Å². The van der Waals surface area contributed by atoms with Gasteiger partial charge in [-0.2, -0.15) is 4.98 Å². The lowest BCUT2D eigenvalue weighted by molar-refractivity contribution is -0.360. The van der Waals surface area contributed by atoms with Crippen molar-refractivity contribution in [2.75, 3.05) is 10.6 Å². The second kappa shape index (κ2) is 8.39. The maximum atomic E-state index is 13.4. The standard InChI is InChI=1S/C24H19BrN6O/c1-15-20(23(32)28-19-9-5-6-14-26-19)21(16-10-12-18(25)13-11-16)31-24(27-15)29-22(30-31)17-7-3-2-4-8-17/h2-14,20-21H,1H2,(H,26,28,32)(H,27,29,30)/p+1. The number of halogens is 1. The smallest absolute Gasteiger partial charge is 0.319 e. The normalized spacial score (nSPS) is 17.3. The molecule has 0 fully saturated rings. The molecule has 0 saturated carbocycles. The molecule has 158 valence electrons. The number of aromatic amines is 1. The fourth-order valence-electron chi connectivity index (χ4n) is 3.84. The minimum absolute atomic E-state index is 0.194. The minimum atomic E-state index is -0.609. The van der Waals surface area contributed by atoms with Gasteiger partial charge < -0.3 is 5.32 Å². The van der Waals surface area contributed by atoms with Gasteiger partial charge in [-0.05, 0) is 23.8 Å². The highest BCUT2D eigenvalue weighted by atomic mass is 79.9. The summed E-state index contributed by atoms with van der Waals surface area (Å²) < 4.78 is 2.73. The Kier molecular flexibility index (Phi) is 5.28. The highest BCUT2D eigenvalue weighted by Crippen LogP contribution is 2.39. The van der Waals surface area contributed by atoms with Crippen LogP contribution < -0.4 is 15.6 Å². The summed E-state index contributed by atoms with van der Waals surface area (Å²) in [4.78, 5) is 21.1. The molecule has 1 aliphatic heterocycles. The van der Waals surface area contributed by atoms with Gasteiger partial charge in [-0.25, -0.2) is 19.8 Å². The van der Waals surface area contributed by atoms with Crippen LogP contribution in [0.3, 0.4) is 0 Å². The Bertz CT molecular complexity index is 1270. The van der Waals surface area contributed by atoms with Crippen LogP contribution in [0, 0.1) is 5.92 Å². The Hall–Kier alpha value is -3.78. The number of fused-ring (bicyclic) bond motifs is 1. The number of hydrogen-bond acceptors (Lipinski definition) is 4. The van der Waals surface area contributed by atoms with E-state index in [-0.39, 0.29) is 5.91 Å². The second-order valence-electron chi connectivity index (χ2n) is 7.46. The molecule has 3 heterocycles. The lowest BCUT2D eigenvalue weighted by atomic mass is 9.88. The van der Waals surface area contributed by atoms with Crippen molar-refractivity contribution in [3.05, 3.63) is 101 Å². The first kappa shape index (κ1) is 20.1. The maximum absolute atomic E-state index is 13.4. The van der Waals surface area contributed by atoms with E-state index in [2.05, 4.69) is 43.1 Å². The van der Waals surface area contributed by atoms with Crippen LogP contribution in [0.5, 0.6) is 0 Å². The van der Waals surface area contributed by atoms with E-state index in [4.69, 9.17) is 5.10 Å². The molecule has 5 rings (SSSR count). The van der Waals surface area contributed by atoms with Crippen LogP contribution in [0.4, 0.5) is 11.8 Å². The number of carbonyl (C=O) groups excluding carboxylic acids is 1. The number of rotatable bonds is 4. The van der Waals surface area contributed by atoms with Crippen molar-refractivity contribution in [3.8, 4) is 11.4 Å². The number of carbonyl (C=O) groups is 1. The molecule has 7 nitrogen and oxygen atoms in total. The summed E-state index contributed by atoms with van der Waals surface area (Å²) in [5, 5.41) is 10.9. The second-order valence-corrected chi connectivity index (χ2v) is 8.38. The molecule has 0 aliphatic carbocycles. The highest BCUT2D eigenvalue weighted by Gasteiger charge is 2.42. The van der Waals surface area contributed by atoms with E-state index >= 15 is 0 Å². The fraction of sp³-hybridized carbons (Fsp3) is 0.0833. The quantitative estimate of drug-likeness (QED) is 0.449. The molecule has 0 saturated heterocycles. The van der Waals surface area contributed by atoms with Crippen molar-refractivity contribution in [1.82, 2.24) is 14.8 Å².